The summed E-state index contributed by atoms with van der Waals surface area (Å²) < 4.78 is 0. The smallest absolute Gasteiger partial charge is 0.315 e. The van der Waals surface area contributed by atoms with Crippen LogP contribution in [-0.4, -0.2) is 37.2 Å². The Morgan fingerprint density at radius 1 is 1.62 bits per heavy atom. The Balaban J connectivity index is 3.28. The van der Waals surface area contributed by atoms with Crippen LogP contribution in [0, 0.1) is 6.92 Å². The van der Waals surface area contributed by atoms with Crippen LogP contribution in [0.5, 0.6) is 0 Å². The highest BCUT2D eigenvalue weighted by Crippen LogP contribution is 2.22. The van der Waals surface area contributed by atoms with Crippen molar-refractivity contribution < 1.29 is 15.0 Å². The molecule has 1 heterocycles. The molecule has 0 spiro atoms. The number of imidazole rings is 1. The van der Waals surface area contributed by atoms with E-state index in [1.807, 2.05) is 0 Å². The van der Waals surface area contributed by atoms with Crippen molar-refractivity contribution in [2.45, 2.75) is 25.9 Å². The summed E-state index contributed by atoms with van der Waals surface area (Å²) in [5.41, 5.74) is 5.91. The van der Waals surface area contributed by atoms with Crippen LogP contribution in [0.15, 0.2) is 0 Å². The molecule has 2 atom stereocenters. The van der Waals surface area contributed by atoms with Gasteiger partial charge in [0.15, 0.2) is 0 Å². The minimum atomic E-state index is -1.16. The van der Waals surface area contributed by atoms with Gasteiger partial charge in [0.2, 0.25) is 0 Å². The van der Waals surface area contributed by atoms with Gasteiger partial charge >= 0.3 is 5.97 Å². The zero-order valence-corrected chi connectivity index (χ0v) is 9.71. The van der Waals surface area contributed by atoms with Crippen LogP contribution in [0.2, 0.25) is 0 Å². The summed E-state index contributed by atoms with van der Waals surface area (Å²) in [6.45, 7) is 3.05. The molecule has 6 nitrogen and oxygen atoms in total. The number of nitrogens with one attached hydrogen (secondary N) is 1. The third kappa shape index (κ3) is 2.37. The molecule has 5 N–H and O–H groups in total. The number of hydrogen-bond donors (Lipinski definition) is 4. The number of aromatic nitrogens is 2. The number of aryl methyl sites for hydroxylation is 1. The standard InChI is InChI=1S/C9H13N3O3S/c1-3(13)5(9(14)15)6-7(8(10)16)12-4(2)11-6/h3,5,13H,1-2H3,(H2,10,16)(H,11,12)(H,14,15). The highest BCUT2D eigenvalue weighted by atomic mass is 32.1. The van der Waals surface area contributed by atoms with Crippen LogP contribution in [-0.2, 0) is 4.79 Å². The monoisotopic (exact) mass is 243 g/mol. The Bertz CT molecular complexity index is 428. The van der Waals surface area contributed by atoms with Gasteiger partial charge in [-0.2, -0.15) is 0 Å². The Morgan fingerprint density at radius 3 is 2.56 bits per heavy atom. The summed E-state index contributed by atoms with van der Waals surface area (Å²) in [5.74, 6) is -1.77. The fourth-order valence-corrected chi connectivity index (χ4v) is 1.65. The number of carboxylic acid groups (broad SMARTS) is 1. The maximum atomic E-state index is 11.0. The minimum absolute atomic E-state index is 0.00579. The third-order valence-electron chi connectivity index (χ3n) is 2.14. The molecule has 88 valence electrons. The lowest BCUT2D eigenvalue weighted by molar-refractivity contribution is -0.141. The van der Waals surface area contributed by atoms with E-state index in [2.05, 4.69) is 9.97 Å². The highest BCUT2D eigenvalue weighted by Gasteiger charge is 2.30. The molecule has 16 heavy (non-hydrogen) atoms. The number of aliphatic carboxylic acids is 1. The first-order valence-corrected chi connectivity index (χ1v) is 5.02. The molecule has 0 saturated carbocycles. The number of aliphatic hydroxyl groups is 1. The van der Waals surface area contributed by atoms with Crippen molar-refractivity contribution in [1.82, 2.24) is 9.97 Å². The summed E-state index contributed by atoms with van der Waals surface area (Å²) in [4.78, 5) is 17.8. The molecule has 0 saturated heterocycles. The zero-order chi connectivity index (χ0) is 12.5. The zero-order valence-electron chi connectivity index (χ0n) is 8.89. The number of aromatic amines is 1. The predicted molar refractivity (Wildman–Crippen MR) is 61.3 cm³/mol. The molecule has 1 rings (SSSR count). The number of aliphatic hydroxyl groups excluding tert-OH is 1. The quantitative estimate of drug-likeness (QED) is 0.549. The van der Waals surface area contributed by atoms with Crippen LogP contribution in [0.4, 0.5) is 0 Å². The Hall–Kier alpha value is -1.47. The van der Waals surface area contributed by atoms with Gasteiger partial charge in [-0.05, 0) is 13.8 Å². The van der Waals surface area contributed by atoms with Crippen LogP contribution in [0.3, 0.4) is 0 Å². The first kappa shape index (κ1) is 12.6. The largest absolute Gasteiger partial charge is 0.481 e. The Labute approximate surface area is 97.5 Å². The fourth-order valence-electron chi connectivity index (χ4n) is 1.49. The highest BCUT2D eigenvalue weighted by molar-refractivity contribution is 7.80. The number of thiocarbonyl (C=S) groups is 1. The lowest BCUT2D eigenvalue weighted by Gasteiger charge is -2.14. The van der Waals surface area contributed by atoms with E-state index < -0.39 is 18.0 Å². The van der Waals surface area contributed by atoms with Crippen LogP contribution in [0.25, 0.3) is 0 Å². The number of nitrogens with two attached hydrogens (primary N) is 1. The summed E-state index contributed by atoms with van der Waals surface area (Å²) >= 11 is 4.78. The third-order valence-corrected chi connectivity index (χ3v) is 2.34. The molecule has 0 bridgehead atoms. The number of carbonyl (C=O) groups is 1. The van der Waals surface area contributed by atoms with Crippen molar-refractivity contribution in [3.05, 3.63) is 17.2 Å². The maximum Gasteiger partial charge on any atom is 0.315 e. The van der Waals surface area contributed by atoms with Crippen molar-refractivity contribution in [3.8, 4) is 0 Å². The van der Waals surface area contributed by atoms with Gasteiger partial charge in [0.05, 0.1) is 11.8 Å². The van der Waals surface area contributed by atoms with Gasteiger partial charge in [0.25, 0.3) is 0 Å². The minimum Gasteiger partial charge on any atom is -0.481 e. The van der Waals surface area contributed by atoms with E-state index in [0.29, 0.717) is 5.82 Å². The molecular formula is C9H13N3O3S. The van der Waals surface area contributed by atoms with Gasteiger partial charge in [-0.15, -0.1) is 0 Å². The van der Waals surface area contributed by atoms with Gasteiger partial charge < -0.3 is 20.9 Å². The summed E-state index contributed by atoms with van der Waals surface area (Å²) in [5, 5.41) is 18.5. The van der Waals surface area contributed by atoms with E-state index in [4.69, 9.17) is 23.1 Å². The topological polar surface area (TPSA) is 112 Å². The van der Waals surface area contributed by atoms with Crippen LogP contribution >= 0.6 is 12.2 Å². The summed E-state index contributed by atoms with van der Waals surface area (Å²) in [6.07, 6.45) is -1.06. The number of rotatable bonds is 4. The van der Waals surface area contributed by atoms with Gasteiger partial charge in [0.1, 0.15) is 22.4 Å². The molecule has 2 unspecified atom stereocenters. The fraction of sp³-hybridized carbons (Fsp3) is 0.444. The molecule has 0 radical (unpaired) electrons. The van der Waals surface area contributed by atoms with E-state index in [-0.39, 0.29) is 16.4 Å². The predicted octanol–water partition coefficient (Wildman–Crippen LogP) is -0.0987. The lowest BCUT2D eigenvalue weighted by atomic mass is 9.98. The van der Waals surface area contributed by atoms with Crippen molar-refractivity contribution in [3.63, 3.8) is 0 Å². The van der Waals surface area contributed by atoms with E-state index in [0.717, 1.165) is 0 Å². The number of H-pyrrole nitrogens is 1. The van der Waals surface area contributed by atoms with Crippen LogP contribution < -0.4 is 5.73 Å². The van der Waals surface area contributed by atoms with E-state index >= 15 is 0 Å². The van der Waals surface area contributed by atoms with Crippen molar-refractivity contribution >= 4 is 23.2 Å². The van der Waals surface area contributed by atoms with Crippen molar-refractivity contribution in [1.29, 1.82) is 0 Å². The van der Waals surface area contributed by atoms with Gasteiger partial charge in [-0.25, -0.2) is 4.98 Å². The summed E-state index contributed by atoms with van der Waals surface area (Å²) in [7, 11) is 0. The normalized spacial score (nSPS) is 14.4. The maximum absolute atomic E-state index is 11.0. The second-order valence-corrected chi connectivity index (χ2v) is 3.95. The molecule has 0 aliphatic heterocycles. The Morgan fingerprint density at radius 2 is 2.19 bits per heavy atom. The van der Waals surface area contributed by atoms with Crippen molar-refractivity contribution in [2.75, 3.05) is 0 Å². The first-order chi connectivity index (χ1) is 7.34. The number of carboxylic acids is 1. The second-order valence-electron chi connectivity index (χ2n) is 3.51. The van der Waals surface area contributed by atoms with Gasteiger partial charge in [0, 0.05) is 0 Å². The molecule has 7 heteroatoms. The summed E-state index contributed by atoms with van der Waals surface area (Å²) in [6, 6.07) is 0. The molecule has 0 fully saturated rings. The van der Waals surface area contributed by atoms with E-state index in [9.17, 15) is 9.90 Å². The molecule has 0 aromatic carbocycles. The SMILES string of the molecule is Cc1nc(C(N)=S)c(C(C(=O)O)C(C)O)[nH]1. The van der Waals surface area contributed by atoms with Gasteiger partial charge in [-0.1, -0.05) is 12.2 Å². The number of hydrogen-bond acceptors (Lipinski definition) is 4. The average Bonchev–Trinajstić information content (AvgIpc) is 2.45. The first-order valence-electron chi connectivity index (χ1n) is 4.61. The van der Waals surface area contributed by atoms with E-state index in [1.54, 1.807) is 6.92 Å². The Kier molecular flexibility index (Phi) is 3.61. The molecule has 0 aliphatic rings. The van der Waals surface area contributed by atoms with Crippen molar-refractivity contribution in [2.24, 2.45) is 5.73 Å². The molecule has 0 amide bonds. The van der Waals surface area contributed by atoms with Crippen LogP contribution in [0.1, 0.15) is 30.1 Å². The molecule has 1 aromatic heterocycles. The van der Waals surface area contributed by atoms with E-state index in [1.165, 1.54) is 6.92 Å². The number of nitrogens with zero attached hydrogens (tertiary/aromatic N) is 1. The van der Waals surface area contributed by atoms with Gasteiger partial charge in [-0.3, -0.25) is 4.79 Å². The lowest BCUT2D eigenvalue weighted by Crippen LogP contribution is -2.26. The second kappa shape index (κ2) is 4.58. The molecular weight excluding hydrogens is 230 g/mol. The molecule has 0 aliphatic carbocycles. The average molecular weight is 243 g/mol. The molecule has 1 aromatic rings.